The van der Waals surface area contributed by atoms with E-state index in [1.165, 1.54) is 0 Å². The van der Waals surface area contributed by atoms with Crippen molar-refractivity contribution in [1.82, 2.24) is 0 Å². The molecule has 0 heterocycles. The molecule has 62 valence electrons. The fourth-order valence-corrected chi connectivity index (χ4v) is 0.819. The van der Waals surface area contributed by atoms with Gasteiger partial charge >= 0.3 is 0 Å². The van der Waals surface area contributed by atoms with Crippen LogP contribution in [0.2, 0.25) is 0 Å². The van der Waals surface area contributed by atoms with Gasteiger partial charge in [-0.15, -0.1) is 11.8 Å². The van der Waals surface area contributed by atoms with E-state index in [0.717, 1.165) is 11.3 Å². The molecule has 0 fully saturated rings. The molecule has 0 rings (SSSR count). The standard InChI is InChI=1S/C8H12OS2/c1-4-11-6-5-9-8(10)7(2)3/h4H,1-2,5-6H2,3H3. The Morgan fingerprint density at radius 1 is 1.73 bits per heavy atom. The zero-order valence-corrected chi connectivity index (χ0v) is 8.26. The van der Waals surface area contributed by atoms with Gasteiger partial charge in [0.1, 0.15) is 0 Å². The third-order valence-electron chi connectivity index (χ3n) is 0.901. The molecule has 0 bridgehead atoms. The van der Waals surface area contributed by atoms with E-state index in [2.05, 4.69) is 13.2 Å². The van der Waals surface area contributed by atoms with Crippen LogP contribution in [0.3, 0.4) is 0 Å². The Morgan fingerprint density at radius 3 is 2.82 bits per heavy atom. The van der Waals surface area contributed by atoms with E-state index >= 15 is 0 Å². The van der Waals surface area contributed by atoms with Crippen molar-refractivity contribution < 1.29 is 4.74 Å². The first-order valence-corrected chi connectivity index (χ1v) is 4.69. The number of hydrogen-bond acceptors (Lipinski definition) is 3. The highest BCUT2D eigenvalue weighted by molar-refractivity contribution is 8.02. The van der Waals surface area contributed by atoms with Gasteiger partial charge in [0, 0.05) is 5.75 Å². The van der Waals surface area contributed by atoms with Gasteiger partial charge in [-0.2, -0.15) is 0 Å². The highest BCUT2D eigenvalue weighted by Gasteiger charge is 1.95. The molecule has 11 heavy (non-hydrogen) atoms. The summed E-state index contributed by atoms with van der Waals surface area (Å²) in [5.41, 5.74) is 0.809. The van der Waals surface area contributed by atoms with Crippen molar-refractivity contribution in [2.45, 2.75) is 6.92 Å². The van der Waals surface area contributed by atoms with Gasteiger partial charge in [0.15, 0.2) is 5.05 Å². The number of hydrogen-bond donors (Lipinski definition) is 0. The molecule has 3 heteroatoms. The van der Waals surface area contributed by atoms with Gasteiger partial charge in [0.2, 0.25) is 0 Å². The summed E-state index contributed by atoms with van der Waals surface area (Å²) in [5, 5.41) is 2.29. The molecule has 0 radical (unpaired) electrons. The molecule has 0 saturated carbocycles. The summed E-state index contributed by atoms with van der Waals surface area (Å²) >= 11 is 6.48. The van der Waals surface area contributed by atoms with E-state index in [4.69, 9.17) is 17.0 Å². The summed E-state index contributed by atoms with van der Waals surface area (Å²) in [6.45, 7) is 9.69. The average molecular weight is 188 g/mol. The second-order valence-electron chi connectivity index (χ2n) is 1.95. The van der Waals surface area contributed by atoms with E-state index in [-0.39, 0.29) is 0 Å². The lowest BCUT2D eigenvalue weighted by Crippen LogP contribution is -2.04. The molecular weight excluding hydrogens is 176 g/mol. The Hall–Kier alpha value is -0.280. The molecule has 0 unspecified atom stereocenters. The Bertz CT molecular complexity index is 163. The van der Waals surface area contributed by atoms with Crippen molar-refractivity contribution in [1.29, 1.82) is 0 Å². The zero-order chi connectivity index (χ0) is 8.69. The monoisotopic (exact) mass is 188 g/mol. The van der Waals surface area contributed by atoms with Crippen molar-refractivity contribution in [3.63, 3.8) is 0 Å². The normalized spacial score (nSPS) is 8.82. The Morgan fingerprint density at radius 2 is 2.36 bits per heavy atom. The van der Waals surface area contributed by atoms with E-state index in [9.17, 15) is 0 Å². The first-order valence-electron chi connectivity index (χ1n) is 3.23. The van der Waals surface area contributed by atoms with Crippen LogP contribution in [0, 0.1) is 0 Å². The summed E-state index contributed by atoms with van der Waals surface area (Å²) in [6, 6.07) is 0. The Balaban J connectivity index is 3.31. The van der Waals surface area contributed by atoms with Gasteiger partial charge in [-0.25, -0.2) is 0 Å². The largest absolute Gasteiger partial charge is 0.482 e. The van der Waals surface area contributed by atoms with Crippen LogP contribution < -0.4 is 0 Å². The minimum absolute atomic E-state index is 0.509. The summed E-state index contributed by atoms with van der Waals surface area (Å²) in [5.74, 6) is 0.886. The maximum atomic E-state index is 5.17. The molecule has 0 spiro atoms. The van der Waals surface area contributed by atoms with Crippen molar-refractivity contribution in [2.75, 3.05) is 12.4 Å². The second-order valence-corrected chi connectivity index (χ2v) is 3.40. The summed E-state index contributed by atoms with van der Waals surface area (Å²) < 4.78 is 5.17. The summed E-state index contributed by atoms with van der Waals surface area (Å²) in [4.78, 5) is 0. The molecule has 1 nitrogen and oxygen atoms in total. The molecule has 0 aliphatic carbocycles. The van der Waals surface area contributed by atoms with Crippen molar-refractivity contribution >= 4 is 29.0 Å². The number of thiocarbonyl (C=S) groups is 1. The van der Waals surface area contributed by atoms with E-state index in [1.54, 1.807) is 17.2 Å². The smallest absolute Gasteiger partial charge is 0.186 e. The highest BCUT2D eigenvalue weighted by atomic mass is 32.2. The van der Waals surface area contributed by atoms with Gasteiger partial charge in [0.25, 0.3) is 0 Å². The molecule has 0 aromatic heterocycles. The fourth-order valence-electron chi connectivity index (χ4n) is 0.389. The van der Waals surface area contributed by atoms with Crippen LogP contribution in [-0.4, -0.2) is 17.4 Å². The predicted octanol–water partition coefficient (Wildman–Crippen LogP) is 2.78. The van der Waals surface area contributed by atoms with Gasteiger partial charge < -0.3 is 4.74 Å². The molecule has 0 amide bonds. The van der Waals surface area contributed by atoms with Crippen LogP contribution in [0.1, 0.15) is 6.92 Å². The number of thioether (sulfide) groups is 1. The minimum Gasteiger partial charge on any atom is -0.482 e. The minimum atomic E-state index is 0.509. The third kappa shape index (κ3) is 6.13. The van der Waals surface area contributed by atoms with Crippen LogP contribution >= 0.6 is 24.0 Å². The number of ether oxygens (including phenoxy) is 1. The molecule has 0 aliphatic heterocycles. The topological polar surface area (TPSA) is 9.23 Å². The molecule has 0 aromatic rings. The first kappa shape index (κ1) is 10.7. The lowest BCUT2D eigenvalue weighted by molar-refractivity contribution is 0.341. The van der Waals surface area contributed by atoms with E-state index in [0.29, 0.717) is 11.7 Å². The lowest BCUT2D eigenvalue weighted by Gasteiger charge is -2.04. The summed E-state index contributed by atoms with van der Waals surface area (Å²) in [6.07, 6.45) is 0. The van der Waals surface area contributed by atoms with Gasteiger partial charge in [-0.3, -0.25) is 0 Å². The highest BCUT2D eigenvalue weighted by Crippen LogP contribution is 2.01. The van der Waals surface area contributed by atoms with E-state index < -0.39 is 0 Å². The van der Waals surface area contributed by atoms with Crippen molar-refractivity contribution in [3.05, 3.63) is 24.1 Å². The molecule has 0 aliphatic rings. The second kappa shape index (κ2) is 6.43. The molecule has 0 aromatic carbocycles. The van der Waals surface area contributed by atoms with Crippen LogP contribution in [0.25, 0.3) is 0 Å². The van der Waals surface area contributed by atoms with Crippen LogP contribution in [0.4, 0.5) is 0 Å². The maximum absolute atomic E-state index is 5.17. The molecule has 0 atom stereocenters. The van der Waals surface area contributed by atoms with Gasteiger partial charge in [-0.05, 0) is 30.1 Å². The number of rotatable bonds is 5. The Kier molecular flexibility index (Phi) is 6.27. The predicted molar refractivity (Wildman–Crippen MR) is 56.0 cm³/mol. The van der Waals surface area contributed by atoms with Gasteiger partial charge in [0.05, 0.1) is 6.61 Å². The van der Waals surface area contributed by atoms with Crippen LogP contribution in [0.5, 0.6) is 0 Å². The molecular formula is C8H12OS2. The average Bonchev–Trinajstić information content (AvgIpc) is 1.97. The lowest BCUT2D eigenvalue weighted by atomic mass is 10.4. The van der Waals surface area contributed by atoms with Gasteiger partial charge in [-0.1, -0.05) is 13.2 Å². The van der Waals surface area contributed by atoms with E-state index in [1.807, 2.05) is 6.92 Å². The van der Waals surface area contributed by atoms with Crippen molar-refractivity contribution in [2.24, 2.45) is 0 Å². The van der Waals surface area contributed by atoms with Crippen molar-refractivity contribution in [3.8, 4) is 0 Å². The molecule has 0 saturated heterocycles. The SMILES string of the molecule is C=CSCCOC(=S)C(=C)C. The maximum Gasteiger partial charge on any atom is 0.186 e. The quantitative estimate of drug-likeness (QED) is 0.373. The third-order valence-corrected chi connectivity index (χ3v) is 2.01. The first-order chi connectivity index (χ1) is 5.18. The molecule has 0 N–H and O–H groups in total. The summed E-state index contributed by atoms with van der Waals surface area (Å²) in [7, 11) is 0. The zero-order valence-electron chi connectivity index (χ0n) is 6.63. The van der Waals surface area contributed by atoms with Crippen LogP contribution in [-0.2, 0) is 4.74 Å². The fraction of sp³-hybridized carbons (Fsp3) is 0.375. The Labute approximate surface area is 77.5 Å². The van der Waals surface area contributed by atoms with Crippen LogP contribution in [0.15, 0.2) is 24.1 Å².